The number of hydrogen-bond donors (Lipinski definition) is 2. The number of phosphoric ester groups is 1. The van der Waals surface area contributed by atoms with Crippen molar-refractivity contribution in [1.29, 1.82) is 0 Å². The number of anilines is 2. The summed E-state index contributed by atoms with van der Waals surface area (Å²) in [6, 6.07) is 17.4. The maximum absolute atomic E-state index is 14.3. The third kappa shape index (κ3) is 25.5. The monoisotopic (exact) mass is 1090 g/mol. The molecule has 2 aromatic carbocycles. The minimum absolute atomic E-state index is 0.0521. The second kappa shape index (κ2) is 34.9. The molecule has 0 fully saturated rings. The average molecular weight is 1090 g/mol. The number of ether oxygens (including phenoxy) is 3. The van der Waals surface area contributed by atoms with Crippen molar-refractivity contribution >= 4 is 60.1 Å². The number of benzene rings is 2. The highest BCUT2D eigenvalue weighted by Crippen LogP contribution is 2.38. The largest absolute Gasteiger partial charge is 0.756 e. The minimum Gasteiger partial charge on any atom is -0.756 e. The smallest absolute Gasteiger partial charge is 0.435 e. The number of pyridine rings is 1. The van der Waals surface area contributed by atoms with Crippen molar-refractivity contribution in [2.24, 2.45) is 23.7 Å². The lowest BCUT2D eigenvalue weighted by Gasteiger charge is -2.28. The molecular weight excluding hydrogens is 1000 g/mol. The maximum atomic E-state index is 14.3. The first-order valence-corrected chi connectivity index (χ1v) is 29.2. The Kier molecular flexibility index (Phi) is 28.9. The summed E-state index contributed by atoms with van der Waals surface area (Å²) < 4.78 is 41.6. The molecule has 0 bridgehead atoms. The van der Waals surface area contributed by atoms with Crippen LogP contribution in [0.2, 0.25) is 0 Å². The number of nitrogens with zero attached hydrogens (tertiary/aromatic N) is 6. The van der Waals surface area contributed by atoms with Gasteiger partial charge in [0.1, 0.15) is 30.6 Å². The molecule has 2 aromatic heterocycles. The van der Waals surface area contributed by atoms with E-state index < -0.39 is 44.3 Å². The Morgan fingerprint density at radius 1 is 0.740 bits per heavy atom. The number of unbranched alkanes of at least 4 members (excludes halogenated alkanes) is 15. The van der Waals surface area contributed by atoms with Gasteiger partial charge in [0.25, 0.3) is 13.7 Å². The third-order valence-electron chi connectivity index (χ3n) is 12.9. The van der Waals surface area contributed by atoms with Gasteiger partial charge >= 0.3 is 18.0 Å². The Balaban J connectivity index is 1.30. The quantitative estimate of drug-likeness (QED) is 0.00803. The number of hydrogen-bond acceptors (Lipinski definition) is 14. The molecule has 0 aliphatic carbocycles. The second-order valence-corrected chi connectivity index (χ2v) is 22.0. The van der Waals surface area contributed by atoms with Gasteiger partial charge in [0.05, 0.1) is 77.5 Å². The van der Waals surface area contributed by atoms with Gasteiger partial charge in [0.15, 0.2) is 0 Å². The van der Waals surface area contributed by atoms with Crippen LogP contribution in [0.4, 0.5) is 16.3 Å². The van der Waals surface area contributed by atoms with Crippen LogP contribution in [0, 0.1) is 5.92 Å². The zero-order chi connectivity index (χ0) is 55.9. The van der Waals surface area contributed by atoms with Crippen molar-refractivity contribution < 1.29 is 56.4 Å². The number of amidine groups is 1. The van der Waals surface area contributed by atoms with Crippen molar-refractivity contribution in [2.45, 2.75) is 142 Å². The molecule has 4 aromatic rings. The average Bonchev–Trinajstić information content (AvgIpc) is 3.75. The number of rotatable bonds is 39. The lowest BCUT2D eigenvalue weighted by atomic mass is 10.0. The van der Waals surface area contributed by atoms with Gasteiger partial charge in [-0.25, -0.2) is 14.8 Å². The number of nitrogens with two attached hydrogens (primary N) is 1. The normalized spacial score (nSPS) is 13.0. The van der Waals surface area contributed by atoms with Crippen LogP contribution < -0.4 is 20.8 Å². The topological polar surface area (TPSA) is 239 Å². The summed E-state index contributed by atoms with van der Waals surface area (Å²) in [5.41, 5.74) is 9.05. The summed E-state index contributed by atoms with van der Waals surface area (Å²) in [6.45, 7) is 4.08. The number of quaternary nitrogens is 1. The molecule has 4 rings (SSSR count). The molecule has 0 aliphatic heterocycles. The van der Waals surface area contributed by atoms with Crippen molar-refractivity contribution in [1.82, 2.24) is 14.5 Å². The summed E-state index contributed by atoms with van der Waals surface area (Å²) in [6.07, 6.45) is 20.6. The summed E-state index contributed by atoms with van der Waals surface area (Å²) in [4.78, 5) is 79.5. The number of amides is 2. The zero-order valence-electron chi connectivity index (χ0n) is 46.7. The zero-order valence-corrected chi connectivity index (χ0v) is 47.6. The molecule has 3 N–H and O–H groups in total. The van der Waals surface area contributed by atoms with E-state index in [1.54, 1.807) is 54.7 Å². The number of aryl methyl sites for hydroxylation is 1. The molecule has 2 atom stereocenters. The lowest BCUT2D eigenvalue weighted by molar-refractivity contribution is -0.870. The molecule has 0 aliphatic rings. The van der Waals surface area contributed by atoms with Crippen LogP contribution in [0.25, 0.3) is 11.0 Å². The molecule has 0 saturated carbocycles. The summed E-state index contributed by atoms with van der Waals surface area (Å²) >= 11 is 0. The number of aromatic nitrogens is 3. The number of fused-ring (bicyclic) bond motifs is 1. The standard InChI is InChI=1S/C57H87N8O11P/c1-7-9-11-12-13-14-15-16-17-18-19-20-21-22-23-27-53(66)73-42-45(44-76-77(70,71)75-39-37-65(4,5)6)43-74-54(67)34-36-64(51-26-24-25-35-59-51)56(68)47-30-33-50-49(40-47)61-52(63(50)3)41-60-48-31-28-46(29-32-48)55(58)62-57(69)72-38-10-8-2/h24-26,28-33,35,40,45H,7-23,27,34,36-39,41-44H2,1-6H3,(H3-,58,60,62,69,70,71). The van der Waals surface area contributed by atoms with Crippen LogP contribution in [0.15, 0.2) is 71.9 Å². The Labute approximate surface area is 456 Å². The highest BCUT2D eigenvalue weighted by molar-refractivity contribution is 7.45. The molecule has 20 heteroatoms. The molecule has 2 heterocycles. The summed E-state index contributed by atoms with van der Waals surface area (Å²) in [5.74, 6) is -1.30. The van der Waals surface area contributed by atoms with Crippen LogP contribution in [0.5, 0.6) is 0 Å². The Morgan fingerprint density at radius 3 is 1.94 bits per heavy atom. The summed E-state index contributed by atoms with van der Waals surface area (Å²) in [7, 11) is 2.84. The number of esters is 2. The Bertz CT molecular complexity index is 2460. The molecular formula is C57H87N8O11P. The van der Waals surface area contributed by atoms with E-state index in [-0.39, 0.29) is 51.6 Å². The molecule has 19 nitrogen and oxygen atoms in total. The van der Waals surface area contributed by atoms with E-state index in [1.807, 2.05) is 51.8 Å². The Hall–Kier alpha value is -5.72. The first kappa shape index (κ1) is 63.8. The van der Waals surface area contributed by atoms with Crippen molar-refractivity contribution in [3.8, 4) is 0 Å². The third-order valence-corrected chi connectivity index (χ3v) is 13.9. The Morgan fingerprint density at radius 2 is 1.34 bits per heavy atom. The van der Waals surface area contributed by atoms with Gasteiger partial charge in [0.2, 0.25) is 0 Å². The van der Waals surface area contributed by atoms with Crippen molar-refractivity contribution in [3.63, 3.8) is 0 Å². The maximum Gasteiger partial charge on any atom is 0.435 e. The first-order chi connectivity index (χ1) is 37.0. The van der Waals surface area contributed by atoms with E-state index in [1.165, 1.54) is 75.5 Å². The first-order valence-electron chi connectivity index (χ1n) is 27.7. The van der Waals surface area contributed by atoms with E-state index in [2.05, 4.69) is 22.2 Å². The molecule has 2 unspecified atom stereocenters. The van der Waals surface area contributed by atoms with Crippen LogP contribution in [-0.2, 0) is 51.0 Å². The van der Waals surface area contributed by atoms with E-state index in [4.69, 9.17) is 34.0 Å². The van der Waals surface area contributed by atoms with Crippen LogP contribution in [0.3, 0.4) is 0 Å². The molecule has 0 radical (unpaired) electrons. The van der Waals surface area contributed by atoms with Gasteiger partial charge < -0.3 is 48.3 Å². The van der Waals surface area contributed by atoms with Gasteiger partial charge in [-0.15, -0.1) is 0 Å². The van der Waals surface area contributed by atoms with Crippen LogP contribution in [0.1, 0.15) is 158 Å². The minimum atomic E-state index is -4.74. The van der Waals surface area contributed by atoms with Crippen molar-refractivity contribution in [2.75, 3.05) is 77.5 Å². The fourth-order valence-corrected chi connectivity index (χ4v) is 8.96. The molecule has 0 spiro atoms. The number of carbonyl (C=O) groups is 4. The molecule has 426 valence electrons. The van der Waals surface area contributed by atoms with Crippen LogP contribution in [-0.4, -0.2) is 116 Å². The number of likely N-dealkylation sites (N-methyl/N-ethyl adjacent to an activating group) is 1. The highest BCUT2D eigenvalue weighted by Gasteiger charge is 2.24. The SMILES string of the molecule is CCCCCCCCCCCCCCCCCC(=O)OCC(COC(=O)CCN(C(=O)c1ccc2c(c1)nc(CNc1ccc(/C(N)=N/C(=O)OCCCC)cc1)n2C)c1ccccn1)COP(=O)([O-])OCC[N+](C)(C)C. The van der Waals surface area contributed by atoms with Crippen molar-refractivity contribution in [3.05, 3.63) is 83.8 Å². The van der Waals surface area contributed by atoms with E-state index >= 15 is 0 Å². The number of imidazole rings is 1. The number of carbonyl (C=O) groups excluding carboxylic acids is 4. The lowest BCUT2D eigenvalue weighted by Crippen LogP contribution is -2.37. The molecule has 77 heavy (non-hydrogen) atoms. The van der Waals surface area contributed by atoms with Gasteiger partial charge in [0, 0.05) is 43.0 Å². The van der Waals surface area contributed by atoms with E-state index in [9.17, 15) is 28.6 Å². The fraction of sp³-hybridized carbons (Fsp3) is 0.596. The summed E-state index contributed by atoms with van der Waals surface area (Å²) in [5, 5.41) is 3.34. The number of aliphatic imine (C=N–C) groups is 1. The van der Waals surface area contributed by atoms with Crippen LogP contribution >= 0.6 is 7.82 Å². The fourth-order valence-electron chi connectivity index (χ4n) is 8.18. The predicted octanol–water partition coefficient (Wildman–Crippen LogP) is 10.4. The predicted molar refractivity (Wildman–Crippen MR) is 299 cm³/mol. The van der Waals surface area contributed by atoms with E-state index in [0.29, 0.717) is 52.3 Å². The van der Waals surface area contributed by atoms with Gasteiger partial charge in [-0.1, -0.05) is 116 Å². The van der Waals surface area contributed by atoms with Gasteiger partial charge in [-0.05, 0) is 67.4 Å². The number of nitrogens with one attached hydrogen (secondary N) is 1. The molecule has 2 amide bonds. The second-order valence-electron chi connectivity index (χ2n) is 20.6. The van der Waals surface area contributed by atoms with Gasteiger partial charge in [-0.3, -0.25) is 23.8 Å². The number of phosphoric acid groups is 1. The highest BCUT2D eigenvalue weighted by atomic mass is 31.2. The van der Waals surface area contributed by atoms with E-state index in [0.717, 1.165) is 43.3 Å². The van der Waals surface area contributed by atoms with Gasteiger partial charge in [-0.2, -0.15) is 4.99 Å². The molecule has 0 saturated heterocycles.